The van der Waals surface area contributed by atoms with Crippen molar-refractivity contribution >= 4 is 28.9 Å². The molecule has 0 radical (unpaired) electrons. The average Bonchev–Trinajstić information content (AvgIpc) is 3.20. The number of amides is 2. The molecule has 1 aromatic heterocycles. The van der Waals surface area contributed by atoms with E-state index < -0.39 is 0 Å². The van der Waals surface area contributed by atoms with Gasteiger partial charge < -0.3 is 20.6 Å². The van der Waals surface area contributed by atoms with Gasteiger partial charge in [0.1, 0.15) is 5.69 Å². The topological polar surface area (TPSA) is 87.0 Å². The number of fused-ring (bicyclic) bond motifs is 3. The molecule has 0 aliphatic carbocycles. The molecule has 3 N–H and O–H groups in total. The number of aromatic nitrogens is 1. The van der Waals surface area contributed by atoms with Crippen LogP contribution >= 0.6 is 0 Å². The Balaban J connectivity index is 1.44. The van der Waals surface area contributed by atoms with E-state index in [9.17, 15) is 9.59 Å². The Labute approximate surface area is 200 Å². The van der Waals surface area contributed by atoms with Gasteiger partial charge in [-0.3, -0.25) is 9.59 Å². The predicted octanol–water partition coefficient (Wildman–Crippen LogP) is 5.26. The predicted molar refractivity (Wildman–Crippen MR) is 136 cm³/mol. The monoisotopic (exact) mass is 456 g/mol. The first-order chi connectivity index (χ1) is 16.5. The van der Waals surface area contributed by atoms with Crippen molar-refractivity contribution in [2.24, 2.45) is 5.92 Å². The molecule has 34 heavy (non-hydrogen) atoms. The zero-order chi connectivity index (χ0) is 24.1. The standard InChI is InChI=1S/C28H32N4O2/c1-19-18-30-28(34)26-15-22-13-14-23(16-25(22)32(26)20(19)2)27(33)31-24(17-29)12-8-4-7-11-21-9-5-3-6-10-21/h3,5-6,9-10,12-17,19-20,29H,4,7-8,11,18H2,1-2H3,(H,30,34)(H,31,33). The van der Waals surface area contributed by atoms with Crippen molar-refractivity contribution in [3.05, 3.63) is 83.2 Å². The molecule has 0 saturated carbocycles. The van der Waals surface area contributed by atoms with E-state index >= 15 is 0 Å². The number of rotatable bonds is 8. The molecule has 4 rings (SSSR count). The largest absolute Gasteiger partial charge is 0.350 e. The van der Waals surface area contributed by atoms with Crippen LogP contribution in [-0.4, -0.2) is 29.1 Å². The maximum absolute atomic E-state index is 13.0. The molecular weight excluding hydrogens is 424 g/mol. The highest BCUT2D eigenvalue weighted by Crippen LogP contribution is 2.30. The summed E-state index contributed by atoms with van der Waals surface area (Å²) in [6.07, 6.45) is 6.96. The molecule has 0 bridgehead atoms. The number of hydrogen-bond acceptors (Lipinski definition) is 3. The normalized spacial score (nSPS) is 18.2. The minimum Gasteiger partial charge on any atom is -0.350 e. The number of benzene rings is 2. The summed E-state index contributed by atoms with van der Waals surface area (Å²) in [6, 6.07) is 17.9. The second-order valence-corrected chi connectivity index (χ2v) is 9.09. The Morgan fingerprint density at radius 3 is 2.71 bits per heavy atom. The number of hydrogen-bond donors (Lipinski definition) is 3. The van der Waals surface area contributed by atoms with E-state index in [1.54, 1.807) is 6.07 Å². The van der Waals surface area contributed by atoms with Gasteiger partial charge in [0.2, 0.25) is 0 Å². The summed E-state index contributed by atoms with van der Waals surface area (Å²) in [5.41, 5.74) is 3.84. The van der Waals surface area contributed by atoms with Crippen LogP contribution in [0.3, 0.4) is 0 Å². The highest BCUT2D eigenvalue weighted by Gasteiger charge is 2.27. The first-order valence-corrected chi connectivity index (χ1v) is 12.0. The molecule has 6 heteroatoms. The number of unbranched alkanes of at least 4 members (excludes halogenated alkanes) is 2. The highest BCUT2D eigenvalue weighted by molar-refractivity contribution is 6.03. The first-order valence-electron chi connectivity index (χ1n) is 12.0. The second-order valence-electron chi connectivity index (χ2n) is 9.09. The number of aryl methyl sites for hydroxylation is 1. The lowest BCUT2D eigenvalue weighted by Crippen LogP contribution is -2.26. The zero-order valence-corrected chi connectivity index (χ0v) is 19.8. The van der Waals surface area contributed by atoms with Crippen molar-refractivity contribution in [3.8, 4) is 0 Å². The number of nitrogens with zero attached hydrogens (tertiary/aromatic N) is 1. The van der Waals surface area contributed by atoms with Crippen molar-refractivity contribution in [2.75, 3.05) is 6.54 Å². The van der Waals surface area contributed by atoms with Crippen molar-refractivity contribution in [1.82, 2.24) is 15.2 Å². The van der Waals surface area contributed by atoms with Crippen LogP contribution in [0.5, 0.6) is 0 Å². The fourth-order valence-corrected chi connectivity index (χ4v) is 4.47. The lowest BCUT2D eigenvalue weighted by atomic mass is 10.0. The molecule has 1 aliphatic rings. The zero-order valence-electron chi connectivity index (χ0n) is 19.8. The van der Waals surface area contributed by atoms with Crippen LogP contribution < -0.4 is 10.6 Å². The highest BCUT2D eigenvalue weighted by atomic mass is 16.2. The van der Waals surface area contributed by atoms with Crippen molar-refractivity contribution in [1.29, 1.82) is 5.41 Å². The number of nitrogens with one attached hydrogen (secondary N) is 3. The lowest BCUT2D eigenvalue weighted by molar-refractivity contribution is 0.0946. The maximum atomic E-state index is 13.0. The van der Waals surface area contributed by atoms with Crippen LogP contribution in [0.4, 0.5) is 0 Å². The van der Waals surface area contributed by atoms with E-state index in [0.29, 0.717) is 23.5 Å². The summed E-state index contributed by atoms with van der Waals surface area (Å²) in [7, 11) is 0. The maximum Gasteiger partial charge on any atom is 0.267 e. The van der Waals surface area contributed by atoms with Crippen LogP contribution in [0.15, 0.2) is 66.4 Å². The van der Waals surface area contributed by atoms with Crippen molar-refractivity contribution < 1.29 is 9.59 Å². The minimum atomic E-state index is -0.254. The first kappa shape index (κ1) is 23.5. The van der Waals surface area contributed by atoms with Gasteiger partial charge in [-0.25, -0.2) is 0 Å². The van der Waals surface area contributed by atoms with Crippen LogP contribution in [0, 0.1) is 11.3 Å². The second kappa shape index (κ2) is 10.5. The third kappa shape index (κ3) is 5.11. The van der Waals surface area contributed by atoms with Gasteiger partial charge in [0.15, 0.2) is 0 Å². The van der Waals surface area contributed by atoms with E-state index in [0.717, 1.165) is 36.6 Å². The Morgan fingerprint density at radius 2 is 1.94 bits per heavy atom. The third-order valence-corrected chi connectivity index (χ3v) is 6.69. The number of carbonyl (C=O) groups excluding carboxylic acids is 2. The van der Waals surface area contributed by atoms with Gasteiger partial charge in [-0.05, 0) is 62.3 Å². The molecule has 2 aromatic carbocycles. The molecule has 176 valence electrons. The van der Waals surface area contributed by atoms with Gasteiger partial charge in [0.05, 0.1) is 5.70 Å². The van der Waals surface area contributed by atoms with Crippen molar-refractivity contribution in [3.63, 3.8) is 0 Å². The average molecular weight is 457 g/mol. The summed E-state index contributed by atoms with van der Waals surface area (Å²) in [5, 5.41) is 14.5. The molecule has 2 unspecified atom stereocenters. The molecule has 0 saturated heterocycles. The molecule has 2 heterocycles. The third-order valence-electron chi connectivity index (χ3n) is 6.69. The molecule has 1 aliphatic heterocycles. The van der Waals surface area contributed by atoms with E-state index in [-0.39, 0.29) is 23.8 Å². The van der Waals surface area contributed by atoms with Gasteiger partial charge in [0.25, 0.3) is 11.8 Å². The Morgan fingerprint density at radius 1 is 1.15 bits per heavy atom. The molecular formula is C28H32N4O2. The number of carbonyl (C=O) groups is 2. The quantitative estimate of drug-likeness (QED) is 0.319. The van der Waals surface area contributed by atoms with Crippen LogP contribution in [0.25, 0.3) is 10.9 Å². The summed E-state index contributed by atoms with van der Waals surface area (Å²) >= 11 is 0. The van der Waals surface area contributed by atoms with Gasteiger partial charge in [-0.1, -0.05) is 49.4 Å². The SMILES string of the molecule is CC1CNC(=O)c2cc3ccc(C(=O)NC(C=N)=CCCCCc4ccccc4)cc3n2C1C. The Kier molecular flexibility index (Phi) is 7.26. The molecule has 2 amide bonds. The Bertz CT molecular complexity index is 1230. The molecule has 0 fully saturated rings. The summed E-state index contributed by atoms with van der Waals surface area (Å²) < 4.78 is 2.04. The molecule has 6 nitrogen and oxygen atoms in total. The summed E-state index contributed by atoms with van der Waals surface area (Å²) in [5.74, 6) is -0.0671. The fraction of sp³-hybridized carbons (Fsp3) is 0.321. The van der Waals surface area contributed by atoms with E-state index in [1.165, 1.54) is 11.8 Å². The summed E-state index contributed by atoms with van der Waals surface area (Å²) in [4.78, 5) is 25.5. The number of allylic oxidation sites excluding steroid dienone is 2. The van der Waals surface area contributed by atoms with Crippen LogP contribution in [0.2, 0.25) is 0 Å². The molecule has 2 atom stereocenters. The van der Waals surface area contributed by atoms with Gasteiger partial charge in [-0.2, -0.15) is 0 Å². The smallest absolute Gasteiger partial charge is 0.267 e. The van der Waals surface area contributed by atoms with E-state index in [1.807, 2.05) is 34.9 Å². The van der Waals surface area contributed by atoms with Crippen LogP contribution in [-0.2, 0) is 6.42 Å². The molecule has 3 aromatic rings. The minimum absolute atomic E-state index is 0.0836. The van der Waals surface area contributed by atoms with Gasteiger partial charge >= 0.3 is 0 Å². The fourth-order valence-electron chi connectivity index (χ4n) is 4.47. The molecule has 0 spiro atoms. The van der Waals surface area contributed by atoms with Gasteiger partial charge in [-0.15, -0.1) is 0 Å². The summed E-state index contributed by atoms with van der Waals surface area (Å²) in [6.45, 7) is 4.85. The lowest BCUT2D eigenvalue weighted by Gasteiger charge is -2.20. The van der Waals surface area contributed by atoms with E-state index in [2.05, 4.69) is 48.7 Å². The van der Waals surface area contributed by atoms with E-state index in [4.69, 9.17) is 5.41 Å². The Hall–Kier alpha value is -3.67. The van der Waals surface area contributed by atoms with Crippen molar-refractivity contribution in [2.45, 2.75) is 45.6 Å². The van der Waals surface area contributed by atoms with Gasteiger partial charge in [0, 0.05) is 35.3 Å². The van der Waals surface area contributed by atoms with Crippen LogP contribution in [0.1, 0.15) is 65.6 Å².